The molecule has 0 radical (unpaired) electrons. The Hall–Kier alpha value is -0.810. The van der Waals surface area contributed by atoms with Crippen LogP contribution in [0.2, 0.25) is 0 Å². The highest BCUT2D eigenvalue weighted by Gasteiger charge is 2.21. The summed E-state index contributed by atoms with van der Waals surface area (Å²) in [4.78, 5) is 14.3. The van der Waals surface area contributed by atoms with Gasteiger partial charge in [0.1, 0.15) is 0 Å². The minimum atomic E-state index is 0. The van der Waals surface area contributed by atoms with Crippen molar-refractivity contribution < 1.29 is 4.79 Å². The first-order valence-electron chi connectivity index (χ1n) is 8.04. The molecular weight excluding hydrogens is 333 g/mol. The number of halogens is 2. The molecule has 1 aromatic rings. The number of carbonyl (C=O) groups excluding carboxylic acids is 1. The van der Waals surface area contributed by atoms with E-state index >= 15 is 0 Å². The molecule has 1 saturated heterocycles. The lowest BCUT2D eigenvalue weighted by Gasteiger charge is -2.18. The maximum absolute atomic E-state index is 11.9. The SMILES string of the molecule is CCN(CC)Cc1ccc(CNC(=O)[C@@H]2CCCN2)cc1.Cl.Cl. The molecule has 0 bridgehead atoms. The molecule has 0 saturated carbocycles. The van der Waals surface area contributed by atoms with Crippen molar-refractivity contribution in [2.75, 3.05) is 19.6 Å². The van der Waals surface area contributed by atoms with Crippen LogP contribution in [0, 0.1) is 0 Å². The van der Waals surface area contributed by atoms with E-state index in [2.05, 4.69) is 53.6 Å². The van der Waals surface area contributed by atoms with Crippen LogP contribution in [0.3, 0.4) is 0 Å². The number of rotatable bonds is 7. The highest BCUT2D eigenvalue weighted by Crippen LogP contribution is 2.09. The van der Waals surface area contributed by atoms with E-state index in [1.165, 1.54) is 5.56 Å². The average molecular weight is 362 g/mol. The summed E-state index contributed by atoms with van der Waals surface area (Å²) in [6, 6.07) is 8.55. The fourth-order valence-electron chi connectivity index (χ4n) is 2.69. The lowest BCUT2D eigenvalue weighted by Crippen LogP contribution is -2.39. The molecule has 0 unspecified atom stereocenters. The summed E-state index contributed by atoms with van der Waals surface area (Å²) in [7, 11) is 0. The first-order chi connectivity index (χ1) is 10.2. The summed E-state index contributed by atoms with van der Waals surface area (Å²) in [5.74, 6) is 0.125. The second-order valence-corrected chi connectivity index (χ2v) is 5.64. The summed E-state index contributed by atoms with van der Waals surface area (Å²) in [5, 5.41) is 6.23. The minimum Gasteiger partial charge on any atom is -0.351 e. The Labute approximate surface area is 152 Å². The fraction of sp³-hybridized carbons (Fsp3) is 0.588. The molecule has 23 heavy (non-hydrogen) atoms. The first kappa shape index (κ1) is 22.2. The maximum Gasteiger partial charge on any atom is 0.237 e. The number of carbonyl (C=O) groups is 1. The number of amides is 1. The zero-order valence-corrected chi connectivity index (χ0v) is 15.6. The molecule has 0 aromatic heterocycles. The smallest absolute Gasteiger partial charge is 0.237 e. The number of hydrogen-bond acceptors (Lipinski definition) is 3. The standard InChI is InChI=1S/C17H27N3O.2ClH/c1-3-20(4-2)13-15-9-7-14(8-10-15)12-19-17(21)16-6-5-11-18-16;;/h7-10,16,18H,3-6,11-13H2,1-2H3,(H,19,21);2*1H/t16-;;/m0../s1. The molecule has 6 heteroatoms. The largest absolute Gasteiger partial charge is 0.351 e. The van der Waals surface area contributed by atoms with E-state index < -0.39 is 0 Å². The van der Waals surface area contributed by atoms with E-state index in [-0.39, 0.29) is 36.8 Å². The van der Waals surface area contributed by atoms with Crippen molar-refractivity contribution in [1.29, 1.82) is 0 Å². The molecule has 1 amide bonds. The van der Waals surface area contributed by atoms with Gasteiger partial charge in [-0.05, 0) is 43.6 Å². The Morgan fingerprint density at radius 3 is 2.30 bits per heavy atom. The van der Waals surface area contributed by atoms with Crippen LogP contribution in [0.15, 0.2) is 24.3 Å². The summed E-state index contributed by atoms with van der Waals surface area (Å²) in [6.07, 6.45) is 2.05. The van der Waals surface area contributed by atoms with Gasteiger partial charge in [0.05, 0.1) is 6.04 Å². The topological polar surface area (TPSA) is 44.4 Å². The number of nitrogens with one attached hydrogen (secondary N) is 2. The molecule has 1 fully saturated rings. The van der Waals surface area contributed by atoms with Gasteiger partial charge in [0.2, 0.25) is 5.91 Å². The molecule has 2 N–H and O–H groups in total. The Morgan fingerprint density at radius 2 is 1.78 bits per heavy atom. The fourth-order valence-corrected chi connectivity index (χ4v) is 2.69. The minimum absolute atomic E-state index is 0. The van der Waals surface area contributed by atoms with Gasteiger partial charge in [-0.2, -0.15) is 0 Å². The van der Waals surface area contributed by atoms with Gasteiger partial charge in [-0.15, -0.1) is 24.8 Å². The van der Waals surface area contributed by atoms with Crippen LogP contribution < -0.4 is 10.6 Å². The molecule has 1 aromatic carbocycles. The van der Waals surface area contributed by atoms with Crippen LogP contribution in [-0.2, 0) is 17.9 Å². The molecule has 4 nitrogen and oxygen atoms in total. The second-order valence-electron chi connectivity index (χ2n) is 5.64. The van der Waals surface area contributed by atoms with E-state index in [1.807, 2.05) is 0 Å². The molecule has 0 spiro atoms. The van der Waals surface area contributed by atoms with Crippen molar-refractivity contribution in [2.45, 2.75) is 45.8 Å². The Kier molecular flexibility index (Phi) is 11.3. The van der Waals surface area contributed by atoms with Crippen molar-refractivity contribution in [1.82, 2.24) is 15.5 Å². The Morgan fingerprint density at radius 1 is 1.17 bits per heavy atom. The van der Waals surface area contributed by atoms with Crippen LogP contribution in [0.1, 0.15) is 37.8 Å². The third kappa shape index (κ3) is 7.08. The lowest BCUT2D eigenvalue weighted by atomic mass is 10.1. The predicted octanol–water partition coefficient (Wildman–Crippen LogP) is 2.74. The number of hydrogen-bond donors (Lipinski definition) is 2. The molecule has 1 aliphatic rings. The van der Waals surface area contributed by atoms with Crippen LogP contribution in [0.5, 0.6) is 0 Å². The molecule has 2 rings (SSSR count). The van der Waals surface area contributed by atoms with Crippen molar-refractivity contribution in [3.63, 3.8) is 0 Å². The first-order valence-corrected chi connectivity index (χ1v) is 8.04. The van der Waals surface area contributed by atoms with E-state index in [0.717, 1.165) is 44.6 Å². The monoisotopic (exact) mass is 361 g/mol. The normalized spacial score (nSPS) is 16.6. The molecule has 0 aliphatic carbocycles. The number of benzene rings is 1. The van der Waals surface area contributed by atoms with Crippen molar-refractivity contribution >= 4 is 30.7 Å². The van der Waals surface area contributed by atoms with Crippen LogP contribution in [0.25, 0.3) is 0 Å². The van der Waals surface area contributed by atoms with Crippen molar-refractivity contribution in [3.05, 3.63) is 35.4 Å². The van der Waals surface area contributed by atoms with Crippen LogP contribution in [-0.4, -0.2) is 36.5 Å². The Balaban J connectivity index is 0.00000242. The van der Waals surface area contributed by atoms with Crippen LogP contribution in [0.4, 0.5) is 0 Å². The predicted molar refractivity (Wildman–Crippen MR) is 100 cm³/mol. The van der Waals surface area contributed by atoms with Gasteiger partial charge in [0, 0.05) is 13.1 Å². The third-order valence-electron chi connectivity index (χ3n) is 4.17. The summed E-state index contributed by atoms with van der Waals surface area (Å²) in [6.45, 7) is 9.08. The third-order valence-corrected chi connectivity index (χ3v) is 4.17. The van der Waals surface area contributed by atoms with Gasteiger partial charge in [-0.1, -0.05) is 38.1 Å². The van der Waals surface area contributed by atoms with Gasteiger partial charge in [-0.3, -0.25) is 9.69 Å². The molecule has 1 atom stereocenters. The van der Waals surface area contributed by atoms with Gasteiger partial charge in [0.25, 0.3) is 0 Å². The van der Waals surface area contributed by atoms with Crippen molar-refractivity contribution in [3.8, 4) is 0 Å². The molecule has 1 aliphatic heterocycles. The van der Waals surface area contributed by atoms with E-state index in [1.54, 1.807) is 0 Å². The van der Waals surface area contributed by atoms with E-state index in [9.17, 15) is 4.79 Å². The summed E-state index contributed by atoms with van der Waals surface area (Å²) in [5.41, 5.74) is 2.48. The zero-order chi connectivity index (χ0) is 15.1. The van der Waals surface area contributed by atoms with Gasteiger partial charge < -0.3 is 10.6 Å². The molecule has 1 heterocycles. The maximum atomic E-state index is 11.9. The molecular formula is C17H29Cl2N3O. The van der Waals surface area contributed by atoms with Crippen LogP contribution >= 0.6 is 24.8 Å². The second kappa shape index (κ2) is 11.7. The van der Waals surface area contributed by atoms with Crippen molar-refractivity contribution in [2.24, 2.45) is 0 Å². The highest BCUT2D eigenvalue weighted by molar-refractivity contribution is 5.85. The lowest BCUT2D eigenvalue weighted by molar-refractivity contribution is -0.122. The van der Waals surface area contributed by atoms with Gasteiger partial charge in [0.15, 0.2) is 0 Å². The zero-order valence-electron chi connectivity index (χ0n) is 14.0. The van der Waals surface area contributed by atoms with Gasteiger partial charge in [-0.25, -0.2) is 0 Å². The summed E-state index contributed by atoms with van der Waals surface area (Å²) < 4.78 is 0. The number of nitrogens with zero attached hydrogens (tertiary/aromatic N) is 1. The summed E-state index contributed by atoms with van der Waals surface area (Å²) >= 11 is 0. The Bertz CT molecular complexity index is 444. The van der Waals surface area contributed by atoms with E-state index in [4.69, 9.17) is 0 Å². The van der Waals surface area contributed by atoms with E-state index in [0.29, 0.717) is 6.54 Å². The molecule has 132 valence electrons. The quantitative estimate of drug-likeness (QED) is 0.784. The average Bonchev–Trinajstić information content (AvgIpc) is 3.06. The van der Waals surface area contributed by atoms with Gasteiger partial charge >= 0.3 is 0 Å². The highest BCUT2D eigenvalue weighted by atomic mass is 35.5.